The predicted octanol–water partition coefficient (Wildman–Crippen LogP) is 4.25. The first-order valence-electron chi connectivity index (χ1n) is 9.94. The van der Waals surface area contributed by atoms with Gasteiger partial charge in [0.1, 0.15) is 0 Å². The molecule has 6 heteroatoms. The maximum absolute atomic E-state index is 13.7. The molecule has 2 aromatic heterocycles. The second-order valence-electron chi connectivity index (χ2n) is 7.52. The molecule has 3 heterocycles. The van der Waals surface area contributed by atoms with Gasteiger partial charge in [-0.1, -0.05) is 24.3 Å². The Kier molecular flexibility index (Phi) is 4.81. The summed E-state index contributed by atoms with van der Waals surface area (Å²) in [4.78, 5) is 19.5. The first-order valence-corrected chi connectivity index (χ1v) is 10.8. The molecule has 0 radical (unpaired) electrons. The minimum absolute atomic E-state index is 0.0578. The van der Waals surface area contributed by atoms with Crippen molar-refractivity contribution in [2.24, 2.45) is 0 Å². The molecule has 4 aromatic rings. The van der Waals surface area contributed by atoms with Crippen LogP contribution < -0.4 is 10.5 Å². The minimum atomic E-state index is -0.126. The first kappa shape index (κ1) is 18.3. The standard InChI is InChI=1S/C23H22FN3OS/c24-21-15-18-19(5-2-6-20(18)29-21)27-13-11-26(12-14-27)10-9-17-4-1-3-16-7-8-22(28)25-23(16)17/h1-8,15H,9-14H2,(H,25,28). The molecule has 0 amide bonds. The van der Waals surface area contributed by atoms with Gasteiger partial charge in [-0.15, -0.1) is 11.3 Å². The van der Waals surface area contributed by atoms with Crippen LogP contribution in [0.3, 0.4) is 0 Å². The fourth-order valence-corrected chi connectivity index (χ4v) is 5.04. The van der Waals surface area contributed by atoms with E-state index in [1.165, 1.54) is 16.9 Å². The zero-order chi connectivity index (χ0) is 19.8. The van der Waals surface area contributed by atoms with E-state index >= 15 is 0 Å². The molecule has 4 nitrogen and oxygen atoms in total. The lowest BCUT2D eigenvalue weighted by Gasteiger charge is -2.36. The van der Waals surface area contributed by atoms with E-state index in [-0.39, 0.29) is 10.7 Å². The number of rotatable bonds is 4. The number of aromatic amines is 1. The van der Waals surface area contributed by atoms with E-state index in [0.29, 0.717) is 0 Å². The summed E-state index contributed by atoms with van der Waals surface area (Å²) in [5.74, 6) is 0. The topological polar surface area (TPSA) is 39.3 Å². The highest BCUT2D eigenvalue weighted by Crippen LogP contribution is 2.33. The lowest BCUT2D eigenvalue weighted by molar-refractivity contribution is 0.261. The number of nitrogens with one attached hydrogen (secondary N) is 1. The molecule has 0 atom stereocenters. The maximum Gasteiger partial charge on any atom is 0.248 e. The molecular weight excluding hydrogens is 385 g/mol. The number of H-pyrrole nitrogens is 1. The smallest absolute Gasteiger partial charge is 0.248 e. The second kappa shape index (κ2) is 7.61. The van der Waals surface area contributed by atoms with Crippen LogP contribution in [0.4, 0.5) is 10.1 Å². The number of pyridine rings is 1. The van der Waals surface area contributed by atoms with Crippen LogP contribution in [0.25, 0.3) is 21.0 Å². The molecule has 1 aliphatic rings. The Morgan fingerprint density at radius 3 is 2.69 bits per heavy atom. The second-order valence-corrected chi connectivity index (χ2v) is 8.56. The van der Waals surface area contributed by atoms with E-state index in [2.05, 4.69) is 33.0 Å². The Labute approximate surface area is 172 Å². The molecule has 5 rings (SSSR count). The Bertz CT molecular complexity index is 1220. The highest BCUT2D eigenvalue weighted by atomic mass is 32.1. The molecular formula is C23H22FN3OS. The van der Waals surface area contributed by atoms with Crippen molar-refractivity contribution in [2.45, 2.75) is 6.42 Å². The Hall–Kier alpha value is -2.70. The molecule has 1 aliphatic heterocycles. The number of aromatic nitrogens is 1. The summed E-state index contributed by atoms with van der Waals surface area (Å²) in [6.45, 7) is 4.78. The van der Waals surface area contributed by atoms with Crippen molar-refractivity contribution in [3.05, 3.63) is 75.6 Å². The predicted molar refractivity (Wildman–Crippen MR) is 119 cm³/mol. The van der Waals surface area contributed by atoms with Gasteiger partial charge in [-0.05, 0) is 41.6 Å². The number of hydrogen-bond donors (Lipinski definition) is 1. The molecule has 2 aromatic carbocycles. The molecule has 148 valence electrons. The fourth-order valence-electron chi connectivity index (χ4n) is 4.23. The SMILES string of the molecule is O=c1ccc2cccc(CCN3CCN(c4cccc5sc(F)cc45)CC3)c2[nH]1. The van der Waals surface area contributed by atoms with Crippen LogP contribution in [0.5, 0.6) is 0 Å². The van der Waals surface area contributed by atoms with Gasteiger partial charge in [0.05, 0.1) is 5.52 Å². The van der Waals surface area contributed by atoms with Crippen LogP contribution in [0.2, 0.25) is 0 Å². The van der Waals surface area contributed by atoms with Crippen molar-refractivity contribution >= 4 is 38.0 Å². The number of hydrogen-bond acceptors (Lipinski definition) is 4. The highest BCUT2D eigenvalue weighted by molar-refractivity contribution is 7.17. The molecule has 1 N–H and O–H groups in total. The van der Waals surface area contributed by atoms with Crippen LogP contribution in [-0.4, -0.2) is 42.6 Å². The van der Waals surface area contributed by atoms with E-state index in [9.17, 15) is 9.18 Å². The number of benzene rings is 2. The summed E-state index contributed by atoms with van der Waals surface area (Å²) in [6, 6.07) is 17.4. The van der Waals surface area contributed by atoms with Gasteiger partial charge < -0.3 is 9.88 Å². The summed E-state index contributed by atoms with van der Waals surface area (Å²) in [6.07, 6.45) is 0.905. The number of halogens is 1. The van der Waals surface area contributed by atoms with Crippen molar-refractivity contribution in [3.8, 4) is 0 Å². The fraction of sp³-hybridized carbons (Fsp3) is 0.261. The lowest BCUT2D eigenvalue weighted by atomic mass is 10.1. The minimum Gasteiger partial charge on any atom is -0.368 e. The van der Waals surface area contributed by atoms with E-state index in [1.807, 2.05) is 24.3 Å². The Morgan fingerprint density at radius 2 is 1.83 bits per heavy atom. The number of para-hydroxylation sites is 1. The van der Waals surface area contributed by atoms with Crippen LogP contribution >= 0.6 is 11.3 Å². The van der Waals surface area contributed by atoms with E-state index in [1.54, 1.807) is 12.1 Å². The van der Waals surface area contributed by atoms with Crippen molar-refractivity contribution < 1.29 is 4.39 Å². The molecule has 0 saturated carbocycles. The quantitative estimate of drug-likeness (QED) is 0.550. The highest BCUT2D eigenvalue weighted by Gasteiger charge is 2.19. The van der Waals surface area contributed by atoms with E-state index in [4.69, 9.17) is 0 Å². The van der Waals surface area contributed by atoms with Crippen LogP contribution in [0.1, 0.15) is 5.56 Å². The zero-order valence-electron chi connectivity index (χ0n) is 16.0. The summed E-state index contributed by atoms with van der Waals surface area (Å²) in [5.41, 5.74) is 3.21. The normalized spacial score (nSPS) is 15.4. The van der Waals surface area contributed by atoms with Crippen molar-refractivity contribution in [3.63, 3.8) is 0 Å². The number of thiophene rings is 1. The number of anilines is 1. The average molecular weight is 408 g/mol. The largest absolute Gasteiger partial charge is 0.368 e. The van der Waals surface area contributed by atoms with Gasteiger partial charge in [-0.25, -0.2) is 0 Å². The average Bonchev–Trinajstić information content (AvgIpc) is 3.13. The number of piperazine rings is 1. The van der Waals surface area contributed by atoms with Crippen LogP contribution in [0, 0.1) is 5.13 Å². The summed E-state index contributed by atoms with van der Waals surface area (Å²) >= 11 is 1.21. The van der Waals surface area contributed by atoms with E-state index in [0.717, 1.165) is 65.8 Å². The molecule has 1 saturated heterocycles. The first-order chi connectivity index (χ1) is 14.2. The van der Waals surface area contributed by atoms with Crippen LogP contribution in [0.15, 0.2) is 59.4 Å². The molecule has 1 fully saturated rings. The van der Waals surface area contributed by atoms with Gasteiger partial charge in [0.25, 0.3) is 0 Å². The Morgan fingerprint density at radius 1 is 1.00 bits per heavy atom. The summed E-state index contributed by atoms with van der Waals surface area (Å²) in [7, 11) is 0. The molecule has 0 spiro atoms. The van der Waals surface area contributed by atoms with Crippen molar-refractivity contribution in [1.82, 2.24) is 9.88 Å². The van der Waals surface area contributed by atoms with Crippen LogP contribution in [-0.2, 0) is 6.42 Å². The summed E-state index contributed by atoms with van der Waals surface area (Å²) in [5, 5.41) is 1.96. The van der Waals surface area contributed by atoms with Gasteiger partial charge in [0, 0.05) is 54.6 Å². The van der Waals surface area contributed by atoms with Gasteiger partial charge in [-0.3, -0.25) is 9.69 Å². The molecule has 0 aliphatic carbocycles. The lowest BCUT2D eigenvalue weighted by Crippen LogP contribution is -2.47. The molecule has 0 bridgehead atoms. The van der Waals surface area contributed by atoms with E-state index < -0.39 is 0 Å². The van der Waals surface area contributed by atoms with Gasteiger partial charge in [-0.2, -0.15) is 4.39 Å². The third-order valence-corrected chi connectivity index (χ3v) is 6.65. The Balaban J connectivity index is 1.26. The van der Waals surface area contributed by atoms with Gasteiger partial charge in [0.15, 0.2) is 5.13 Å². The number of fused-ring (bicyclic) bond motifs is 2. The molecule has 0 unspecified atom stereocenters. The summed E-state index contributed by atoms with van der Waals surface area (Å²) < 4.78 is 14.7. The van der Waals surface area contributed by atoms with Crippen molar-refractivity contribution in [2.75, 3.05) is 37.6 Å². The van der Waals surface area contributed by atoms with Crippen molar-refractivity contribution in [1.29, 1.82) is 0 Å². The molecule has 29 heavy (non-hydrogen) atoms. The monoisotopic (exact) mass is 407 g/mol. The zero-order valence-corrected chi connectivity index (χ0v) is 16.8. The third kappa shape index (κ3) is 3.66. The van der Waals surface area contributed by atoms with Gasteiger partial charge in [0.2, 0.25) is 5.56 Å². The third-order valence-electron chi connectivity index (χ3n) is 5.76. The number of nitrogens with zero attached hydrogens (tertiary/aromatic N) is 2. The maximum atomic E-state index is 13.7. The van der Waals surface area contributed by atoms with Gasteiger partial charge >= 0.3 is 0 Å².